The molecule has 7 heteroatoms. The number of rotatable bonds is 4. The number of nitrogens with two attached hydrogens (primary N) is 1. The van der Waals surface area contributed by atoms with Gasteiger partial charge in [-0.1, -0.05) is 36.4 Å². The van der Waals surface area contributed by atoms with Gasteiger partial charge in [-0.25, -0.2) is 19.3 Å². The molecule has 1 amide bonds. The van der Waals surface area contributed by atoms with Crippen molar-refractivity contribution in [1.29, 1.82) is 0 Å². The molecule has 0 aliphatic rings. The fourth-order valence-corrected chi connectivity index (χ4v) is 3.45. The third-order valence-corrected chi connectivity index (χ3v) is 5.05. The van der Waals surface area contributed by atoms with E-state index < -0.39 is 5.91 Å². The Morgan fingerprint density at radius 2 is 1.72 bits per heavy atom. The molecule has 0 aliphatic heterocycles. The van der Waals surface area contributed by atoms with Crippen LogP contribution in [0.3, 0.4) is 0 Å². The summed E-state index contributed by atoms with van der Waals surface area (Å²) in [6.07, 6.45) is 0. The largest absolute Gasteiger partial charge is 0.364 e. The van der Waals surface area contributed by atoms with E-state index in [1.807, 2.05) is 62.4 Å². The average molecular weight is 387 g/mol. The highest BCUT2D eigenvalue weighted by Crippen LogP contribution is 2.21. The smallest absolute Gasteiger partial charge is 0.335 e. The van der Waals surface area contributed by atoms with Crippen molar-refractivity contribution in [3.05, 3.63) is 87.2 Å². The molecule has 4 rings (SSSR count). The normalized spacial score (nSPS) is 11.1. The topological polar surface area (TPSA) is 95.8 Å². The molecular formula is C22H21N5O2. The molecule has 0 aliphatic carbocycles. The van der Waals surface area contributed by atoms with Crippen molar-refractivity contribution in [3.63, 3.8) is 0 Å². The van der Waals surface area contributed by atoms with Gasteiger partial charge in [-0.2, -0.15) is 0 Å². The highest BCUT2D eigenvalue weighted by atomic mass is 16.2. The van der Waals surface area contributed by atoms with Crippen molar-refractivity contribution in [2.75, 3.05) is 0 Å². The van der Waals surface area contributed by atoms with Crippen LogP contribution in [0.15, 0.2) is 53.3 Å². The van der Waals surface area contributed by atoms with Crippen molar-refractivity contribution in [2.45, 2.75) is 27.3 Å². The third-order valence-electron chi connectivity index (χ3n) is 5.05. The summed E-state index contributed by atoms with van der Waals surface area (Å²) < 4.78 is 3.03. The molecule has 0 saturated carbocycles. The standard InChI is InChI=1S/C22H21N5O2/c1-13-9-10-17(11-14(13)2)27-21-19(18(20(23)28)24-15(3)25-21)26(22(27)29)12-16-7-5-4-6-8-16/h4-11H,12H2,1-3H3,(H2,23,28). The van der Waals surface area contributed by atoms with Gasteiger partial charge in [-0.05, 0) is 49.6 Å². The second-order valence-electron chi connectivity index (χ2n) is 7.11. The highest BCUT2D eigenvalue weighted by molar-refractivity contribution is 6.01. The van der Waals surface area contributed by atoms with Crippen LogP contribution in [0.5, 0.6) is 0 Å². The maximum Gasteiger partial charge on any atom is 0.335 e. The van der Waals surface area contributed by atoms with Gasteiger partial charge in [0.1, 0.15) is 11.3 Å². The van der Waals surface area contributed by atoms with E-state index in [0.29, 0.717) is 22.7 Å². The second kappa shape index (κ2) is 7.01. The second-order valence-corrected chi connectivity index (χ2v) is 7.11. The quantitative estimate of drug-likeness (QED) is 0.582. The Bertz CT molecular complexity index is 1300. The van der Waals surface area contributed by atoms with Gasteiger partial charge in [0, 0.05) is 0 Å². The molecule has 0 bridgehead atoms. The Kier molecular flexibility index (Phi) is 4.50. The summed E-state index contributed by atoms with van der Waals surface area (Å²) in [5, 5.41) is 0. The lowest BCUT2D eigenvalue weighted by molar-refractivity contribution is 0.0996. The predicted molar refractivity (Wildman–Crippen MR) is 111 cm³/mol. The molecule has 0 saturated heterocycles. The number of amides is 1. The SMILES string of the molecule is Cc1nc(C(N)=O)c2c(n1)n(-c1ccc(C)c(C)c1)c(=O)n2Cc1ccccc1. The van der Waals surface area contributed by atoms with Gasteiger partial charge in [0.15, 0.2) is 11.3 Å². The van der Waals surface area contributed by atoms with E-state index in [4.69, 9.17) is 5.73 Å². The average Bonchev–Trinajstić information content (AvgIpc) is 2.95. The number of benzene rings is 2. The molecule has 0 spiro atoms. The van der Waals surface area contributed by atoms with Crippen LogP contribution in [-0.4, -0.2) is 25.0 Å². The van der Waals surface area contributed by atoms with E-state index in [1.54, 1.807) is 6.92 Å². The fraction of sp³-hybridized carbons (Fsp3) is 0.182. The van der Waals surface area contributed by atoms with Crippen molar-refractivity contribution in [2.24, 2.45) is 5.73 Å². The molecule has 0 unspecified atom stereocenters. The Morgan fingerprint density at radius 1 is 1.00 bits per heavy atom. The minimum absolute atomic E-state index is 0.0446. The Morgan fingerprint density at radius 3 is 2.38 bits per heavy atom. The van der Waals surface area contributed by atoms with Crippen LogP contribution in [0.4, 0.5) is 0 Å². The molecular weight excluding hydrogens is 366 g/mol. The zero-order valence-electron chi connectivity index (χ0n) is 16.5. The fourth-order valence-electron chi connectivity index (χ4n) is 3.45. The zero-order valence-corrected chi connectivity index (χ0v) is 16.5. The summed E-state index contributed by atoms with van der Waals surface area (Å²) >= 11 is 0. The van der Waals surface area contributed by atoms with Crippen LogP contribution in [0.2, 0.25) is 0 Å². The summed E-state index contributed by atoms with van der Waals surface area (Å²) in [4.78, 5) is 34.3. The van der Waals surface area contributed by atoms with Crippen LogP contribution < -0.4 is 11.4 Å². The van der Waals surface area contributed by atoms with E-state index in [2.05, 4.69) is 9.97 Å². The maximum absolute atomic E-state index is 13.5. The van der Waals surface area contributed by atoms with Crippen molar-refractivity contribution < 1.29 is 4.79 Å². The van der Waals surface area contributed by atoms with Gasteiger partial charge in [0.25, 0.3) is 5.91 Å². The number of nitrogens with zero attached hydrogens (tertiary/aromatic N) is 4. The molecule has 29 heavy (non-hydrogen) atoms. The predicted octanol–water partition coefficient (Wildman–Crippen LogP) is 2.65. The Hall–Kier alpha value is -3.74. The molecule has 7 nitrogen and oxygen atoms in total. The van der Waals surface area contributed by atoms with E-state index in [-0.39, 0.29) is 17.9 Å². The van der Waals surface area contributed by atoms with E-state index in [0.717, 1.165) is 16.7 Å². The first kappa shape index (κ1) is 18.6. The van der Waals surface area contributed by atoms with Crippen molar-refractivity contribution in [1.82, 2.24) is 19.1 Å². The third kappa shape index (κ3) is 3.20. The molecule has 2 heterocycles. The van der Waals surface area contributed by atoms with Crippen LogP contribution in [0.25, 0.3) is 16.9 Å². The van der Waals surface area contributed by atoms with Gasteiger partial charge in [0.05, 0.1) is 12.2 Å². The lowest BCUT2D eigenvalue weighted by atomic mass is 10.1. The first-order valence-electron chi connectivity index (χ1n) is 9.28. The molecule has 2 aromatic heterocycles. The molecule has 146 valence electrons. The molecule has 0 fully saturated rings. The number of aromatic nitrogens is 4. The van der Waals surface area contributed by atoms with Crippen LogP contribution >= 0.6 is 0 Å². The number of carbonyl (C=O) groups excluding carboxylic acids is 1. The lowest BCUT2D eigenvalue weighted by Crippen LogP contribution is -2.24. The van der Waals surface area contributed by atoms with Gasteiger partial charge < -0.3 is 5.73 Å². The van der Waals surface area contributed by atoms with Crippen LogP contribution in [0, 0.1) is 20.8 Å². The molecule has 2 aromatic carbocycles. The van der Waals surface area contributed by atoms with Gasteiger partial charge >= 0.3 is 5.69 Å². The first-order valence-corrected chi connectivity index (χ1v) is 9.28. The maximum atomic E-state index is 13.5. The summed E-state index contributed by atoms with van der Waals surface area (Å²) in [6, 6.07) is 15.3. The monoisotopic (exact) mass is 387 g/mol. The summed E-state index contributed by atoms with van der Waals surface area (Å²) in [6.45, 7) is 5.95. The first-order chi connectivity index (χ1) is 13.9. The Balaban J connectivity index is 2.09. The van der Waals surface area contributed by atoms with Gasteiger partial charge in [-0.15, -0.1) is 0 Å². The number of hydrogen-bond acceptors (Lipinski definition) is 4. The number of carbonyl (C=O) groups is 1. The number of primary amides is 1. The number of imidazole rings is 1. The molecule has 0 atom stereocenters. The van der Waals surface area contributed by atoms with Crippen molar-refractivity contribution in [3.8, 4) is 5.69 Å². The molecule has 2 N–H and O–H groups in total. The van der Waals surface area contributed by atoms with Gasteiger partial charge in [-0.3, -0.25) is 9.36 Å². The van der Waals surface area contributed by atoms with E-state index in [9.17, 15) is 9.59 Å². The summed E-state index contributed by atoms with van der Waals surface area (Å²) in [5.41, 5.74) is 9.84. The molecule has 4 aromatic rings. The van der Waals surface area contributed by atoms with Crippen molar-refractivity contribution >= 4 is 17.1 Å². The number of hydrogen-bond donors (Lipinski definition) is 1. The zero-order chi connectivity index (χ0) is 20.7. The highest BCUT2D eigenvalue weighted by Gasteiger charge is 2.23. The summed E-state index contributed by atoms with van der Waals surface area (Å²) in [5.74, 6) is -0.319. The molecule has 0 radical (unpaired) electrons. The Labute approximate surface area is 167 Å². The number of aryl methyl sites for hydroxylation is 3. The van der Waals surface area contributed by atoms with Crippen LogP contribution in [0.1, 0.15) is 33.0 Å². The lowest BCUT2D eigenvalue weighted by Gasteiger charge is -2.07. The minimum Gasteiger partial charge on any atom is -0.364 e. The minimum atomic E-state index is -0.695. The van der Waals surface area contributed by atoms with Gasteiger partial charge in [0.2, 0.25) is 0 Å². The summed E-state index contributed by atoms with van der Waals surface area (Å²) in [7, 11) is 0. The van der Waals surface area contributed by atoms with Crippen LogP contribution in [-0.2, 0) is 6.54 Å². The number of fused-ring (bicyclic) bond motifs is 1. The van der Waals surface area contributed by atoms with E-state index in [1.165, 1.54) is 9.13 Å². The van der Waals surface area contributed by atoms with E-state index >= 15 is 0 Å².